The van der Waals surface area contributed by atoms with Crippen LogP contribution < -0.4 is 10.6 Å². The molecule has 2 amide bonds. The number of furan rings is 1. The van der Waals surface area contributed by atoms with Gasteiger partial charge in [0.25, 0.3) is 0 Å². The number of hydrogen-bond acceptors (Lipinski definition) is 4. The Bertz CT molecular complexity index is 740. The number of carbonyl (C=O) groups excluding carboxylic acids is 2. The number of aromatic carboxylic acids is 1. The molecule has 132 valence electrons. The number of amides is 2. The maximum atomic E-state index is 12.0. The number of carboxylic acid groups (broad SMARTS) is 1. The number of rotatable bonds is 8. The zero-order valence-electron chi connectivity index (χ0n) is 13.8. The average molecular weight is 344 g/mol. The first-order chi connectivity index (χ1) is 12.0. The standard InChI is InChI=1S/C18H20N2O5/c1-12(17(22)19-11-14-6-4-10-25-14)20-16(21)9-8-13-5-2-3-7-15(13)18(23)24/h2-7,10,12H,8-9,11H2,1H3,(H,19,22)(H,20,21)(H,23,24). The minimum absolute atomic E-state index is 0.0973. The first kappa shape index (κ1) is 18.3. The van der Waals surface area contributed by atoms with Crippen LogP contribution in [0.1, 0.15) is 35.0 Å². The lowest BCUT2D eigenvalue weighted by Crippen LogP contribution is -2.44. The number of carboxylic acids is 1. The summed E-state index contributed by atoms with van der Waals surface area (Å²) in [6.07, 6.45) is 1.90. The Kier molecular flexibility index (Phi) is 6.33. The average Bonchev–Trinajstić information content (AvgIpc) is 3.11. The van der Waals surface area contributed by atoms with Crippen LogP contribution in [0.25, 0.3) is 0 Å². The molecule has 2 aromatic rings. The highest BCUT2D eigenvalue weighted by Gasteiger charge is 2.16. The van der Waals surface area contributed by atoms with Gasteiger partial charge in [0.05, 0.1) is 18.4 Å². The molecule has 1 heterocycles. The molecule has 0 saturated heterocycles. The van der Waals surface area contributed by atoms with Gasteiger partial charge in [-0.2, -0.15) is 0 Å². The minimum Gasteiger partial charge on any atom is -0.478 e. The lowest BCUT2D eigenvalue weighted by molar-refractivity contribution is -0.128. The van der Waals surface area contributed by atoms with Crippen LogP contribution in [-0.4, -0.2) is 28.9 Å². The van der Waals surface area contributed by atoms with Crippen molar-refractivity contribution < 1.29 is 23.9 Å². The van der Waals surface area contributed by atoms with Gasteiger partial charge >= 0.3 is 5.97 Å². The van der Waals surface area contributed by atoms with Gasteiger partial charge in [-0.15, -0.1) is 0 Å². The largest absolute Gasteiger partial charge is 0.478 e. The van der Waals surface area contributed by atoms with Crippen molar-refractivity contribution in [3.8, 4) is 0 Å². The van der Waals surface area contributed by atoms with Crippen LogP contribution in [0, 0.1) is 0 Å². The van der Waals surface area contributed by atoms with Crippen LogP contribution in [-0.2, 0) is 22.6 Å². The molecule has 1 aromatic heterocycles. The SMILES string of the molecule is CC(NC(=O)CCc1ccccc1C(=O)O)C(=O)NCc1ccco1. The van der Waals surface area contributed by atoms with Crippen molar-refractivity contribution in [3.63, 3.8) is 0 Å². The molecule has 0 spiro atoms. The second kappa shape index (κ2) is 8.68. The summed E-state index contributed by atoms with van der Waals surface area (Å²) in [5, 5.41) is 14.4. The van der Waals surface area contributed by atoms with Crippen LogP contribution in [0.4, 0.5) is 0 Å². The van der Waals surface area contributed by atoms with E-state index < -0.39 is 12.0 Å². The van der Waals surface area contributed by atoms with Crippen LogP contribution in [0.3, 0.4) is 0 Å². The van der Waals surface area contributed by atoms with Crippen LogP contribution in [0.15, 0.2) is 47.1 Å². The lowest BCUT2D eigenvalue weighted by atomic mass is 10.0. The second-order valence-electron chi connectivity index (χ2n) is 5.55. The van der Waals surface area contributed by atoms with Crippen molar-refractivity contribution in [1.29, 1.82) is 0 Å². The smallest absolute Gasteiger partial charge is 0.335 e. The van der Waals surface area contributed by atoms with Gasteiger partial charge in [0, 0.05) is 6.42 Å². The Hall–Kier alpha value is -3.09. The van der Waals surface area contributed by atoms with Gasteiger partial charge < -0.3 is 20.2 Å². The molecule has 3 N–H and O–H groups in total. The molecule has 0 aliphatic heterocycles. The fourth-order valence-corrected chi connectivity index (χ4v) is 2.31. The fraction of sp³-hybridized carbons (Fsp3) is 0.278. The molecule has 1 unspecified atom stereocenters. The van der Waals surface area contributed by atoms with Crippen molar-refractivity contribution in [3.05, 3.63) is 59.5 Å². The van der Waals surface area contributed by atoms with Crippen molar-refractivity contribution in [2.45, 2.75) is 32.4 Å². The summed E-state index contributed by atoms with van der Waals surface area (Å²) >= 11 is 0. The van der Waals surface area contributed by atoms with E-state index in [4.69, 9.17) is 9.52 Å². The number of nitrogens with one attached hydrogen (secondary N) is 2. The molecular formula is C18H20N2O5. The van der Waals surface area contributed by atoms with Gasteiger partial charge in [0.15, 0.2) is 0 Å². The minimum atomic E-state index is -1.03. The van der Waals surface area contributed by atoms with Crippen molar-refractivity contribution >= 4 is 17.8 Å². The number of carbonyl (C=O) groups is 3. The van der Waals surface area contributed by atoms with Crippen molar-refractivity contribution in [2.24, 2.45) is 0 Å². The van der Waals surface area contributed by atoms with E-state index in [1.54, 1.807) is 37.3 Å². The highest BCUT2D eigenvalue weighted by Crippen LogP contribution is 2.11. The fourth-order valence-electron chi connectivity index (χ4n) is 2.31. The Morgan fingerprint density at radius 3 is 2.60 bits per heavy atom. The molecule has 7 heteroatoms. The molecule has 0 bridgehead atoms. The van der Waals surface area contributed by atoms with Crippen molar-refractivity contribution in [2.75, 3.05) is 0 Å². The molecular weight excluding hydrogens is 324 g/mol. The summed E-state index contributed by atoms with van der Waals surface area (Å²) in [6, 6.07) is 9.31. The van der Waals surface area contributed by atoms with Gasteiger partial charge in [0.1, 0.15) is 11.8 Å². The van der Waals surface area contributed by atoms with Gasteiger partial charge in [-0.1, -0.05) is 18.2 Å². The van der Waals surface area contributed by atoms with Crippen LogP contribution >= 0.6 is 0 Å². The first-order valence-corrected chi connectivity index (χ1v) is 7.88. The van der Waals surface area contributed by atoms with Gasteiger partial charge in [-0.05, 0) is 37.1 Å². The Morgan fingerprint density at radius 1 is 1.16 bits per heavy atom. The van der Waals surface area contributed by atoms with Gasteiger partial charge in [-0.25, -0.2) is 4.79 Å². The summed E-state index contributed by atoms with van der Waals surface area (Å²) in [6.45, 7) is 1.83. The zero-order chi connectivity index (χ0) is 18.2. The first-order valence-electron chi connectivity index (χ1n) is 7.88. The predicted octanol–water partition coefficient (Wildman–Crippen LogP) is 1.73. The molecule has 0 radical (unpaired) electrons. The van der Waals surface area contributed by atoms with E-state index in [9.17, 15) is 14.4 Å². The molecule has 0 aliphatic carbocycles. The quantitative estimate of drug-likeness (QED) is 0.676. The van der Waals surface area contributed by atoms with E-state index in [0.717, 1.165) is 0 Å². The molecule has 0 saturated carbocycles. The highest BCUT2D eigenvalue weighted by atomic mass is 16.4. The molecule has 0 fully saturated rings. The highest BCUT2D eigenvalue weighted by molar-refractivity contribution is 5.90. The summed E-state index contributed by atoms with van der Waals surface area (Å²) in [4.78, 5) is 35.1. The molecule has 2 rings (SSSR count). The number of aryl methyl sites for hydroxylation is 1. The van der Waals surface area contributed by atoms with E-state index in [0.29, 0.717) is 11.3 Å². The number of hydrogen-bond donors (Lipinski definition) is 3. The van der Waals surface area contributed by atoms with E-state index >= 15 is 0 Å². The molecule has 0 aliphatic rings. The summed E-state index contributed by atoms with van der Waals surface area (Å²) < 4.78 is 5.11. The van der Waals surface area contributed by atoms with Gasteiger partial charge in [0.2, 0.25) is 11.8 Å². The number of benzene rings is 1. The monoisotopic (exact) mass is 344 g/mol. The third kappa shape index (κ3) is 5.49. The second-order valence-corrected chi connectivity index (χ2v) is 5.55. The summed E-state index contributed by atoms with van der Waals surface area (Å²) in [5.74, 6) is -1.05. The Labute approximate surface area is 145 Å². The van der Waals surface area contributed by atoms with E-state index in [2.05, 4.69) is 10.6 Å². The lowest BCUT2D eigenvalue weighted by Gasteiger charge is -2.14. The zero-order valence-corrected chi connectivity index (χ0v) is 13.8. The maximum absolute atomic E-state index is 12.0. The molecule has 25 heavy (non-hydrogen) atoms. The predicted molar refractivity (Wildman–Crippen MR) is 89.9 cm³/mol. The third-order valence-electron chi connectivity index (χ3n) is 3.66. The van der Waals surface area contributed by atoms with Crippen LogP contribution in [0.5, 0.6) is 0 Å². The van der Waals surface area contributed by atoms with E-state index in [-0.39, 0.29) is 36.8 Å². The normalized spacial score (nSPS) is 11.6. The van der Waals surface area contributed by atoms with Crippen LogP contribution in [0.2, 0.25) is 0 Å². The topological polar surface area (TPSA) is 109 Å². The molecule has 7 nitrogen and oxygen atoms in total. The molecule has 1 aromatic carbocycles. The Balaban J connectivity index is 1.79. The molecule has 1 atom stereocenters. The van der Waals surface area contributed by atoms with Crippen molar-refractivity contribution in [1.82, 2.24) is 10.6 Å². The van der Waals surface area contributed by atoms with E-state index in [1.807, 2.05) is 0 Å². The summed E-state index contributed by atoms with van der Waals surface area (Å²) in [5.41, 5.74) is 0.764. The summed E-state index contributed by atoms with van der Waals surface area (Å²) in [7, 11) is 0. The maximum Gasteiger partial charge on any atom is 0.335 e. The van der Waals surface area contributed by atoms with E-state index in [1.165, 1.54) is 12.3 Å². The third-order valence-corrected chi connectivity index (χ3v) is 3.66. The van der Waals surface area contributed by atoms with Gasteiger partial charge in [-0.3, -0.25) is 9.59 Å². The Morgan fingerprint density at radius 2 is 1.92 bits per heavy atom.